The zero-order valence-electron chi connectivity index (χ0n) is 15.8. The third kappa shape index (κ3) is 6.35. The summed E-state index contributed by atoms with van der Waals surface area (Å²) in [5, 5.41) is 2.91. The number of benzene rings is 2. The summed E-state index contributed by atoms with van der Waals surface area (Å²) in [6, 6.07) is 16.5. The molecule has 0 saturated heterocycles. The van der Waals surface area contributed by atoms with Gasteiger partial charge < -0.3 is 15.8 Å². The highest BCUT2D eigenvalue weighted by Crippen LogP contribution is 2.26. The molecule has 4 nitrogen and oxygen atoms in total. The van der Waals surface area contributed by atoms with Crippen molar-refractivity contribution in [3.63, 3.8) is 0 Å². The van der Waals surface area contributed by atoms with E-state index in [-0.39, 0.29) is 18.3 Å². The van der Waals surface area contributed by atoms with Crippen molar-refractivity contribution in [2.75, 3.05) is 5.32 Å². The molecule has 1 fully saturated rings. The number of halogens is 1. The summed E-state index contributed by atoms with van der Waals surface area (Å²) in [6.45, 7) is 2.87. The van der Waals surface area contributed by atoms with Gasteiger partial charge in [0.1, 0.15) is 6.04 Å². The fourth-order valence-electron chi connectivity index (χ4n) is 3.51. The van der Waals surface area contributed by atoms with Gasteiger partial charge >= 0.3 is 0 Å². The number of rotatable bonds is 6. The van der Waals surface area contributed by atoms with Crippen molar-refractivity contribution < 1.29 is 9.53 Å². The zero-order chi connectivity index (χ0) is 18.4. The molecule has 2 aromatic carbocycles. The molecule has 0 aromatic heterocycles. The van der Waals surface area contributed by atoms with Gasteiger partial charge in [-0.1, -0.05) is 62.2 Å². The van der Waals surface area contributed by atoms with E-state index in [4.69, 9.17) is 10.5 Å². The van der Waals surface area contributed by atoms with E-state index in [0.717, 1.165) is 35.6 Å². The third-order valence-corrected chi connectivity index (χ3v) is 5.01. The number of ether oxygens (including phenoxy) is 1. The van der Waals surface area contributed by atoms with E-state index in [1.165, 1.54) is 12.8 Å². The maximum Gasteiger partial charge on any atom is 0.245 e. The number of carbonyl (C=O) groups is 1. The largest absolute Gasteiger partial charge is 0.374 e. The van der Waals surface area contributed by atoms with Crippen LogP contribution in [0.3, 0.4) is 0 Å². The standard InChI is InChI=1S/C22H28N2O2.ClH/c1-16-7-5-12-20(13-16)26-15-17-8-6-11-19(14-17)24-22(25)21(23)18-9-3-2-4-10-18;/h2-4,6,8-11,14,16,20-21H,5,7,12-13,15,23H2,1H3,(H,24,25);1H. The zero-order valence-corrected chi connectivity index (χ0v) is 16.6. The van der Waals surface area contributed by atoms with Gasteiger partial charge in [-0.15, -0.1) is 12.4 Å². The fourth-order valence-corrected chi connectivity index (χ4v) is 3.51. The Labute approximate surface area is 167 Å². The molecule has 1 aliphatic carbocycles. The minimum absolute atomic E-state index is 0. The minimum atomic E-state index is -0.681. The van der Waals surface area contributed by atoms with Crippen LogP contribution in [0, 0.1) is 5.92 Å². The number of amides is 1. The molecule has 0 spiro atoms. The molecule has 146 valence electrons. The summed E-state index contributed by atoms with van der Waals surface area (Å²) in [4.78, 5) is 12.4. The van der Waals surface area contributed by atoms with E-state index in [9.17, 15) is 4.79 Å². The van der Waals surface area contributed by atoms with Crippen molar-refractivity contribution in [1.82, 2.24) is 0 Å². The smallest absolute Gasteiger partial charge is 0.245 e. The van der Waals surface area contributed by atoms with Crippen LogP contribution in [0.2, 0.25) is 0 Å². The quantitative estimate of drug-likeness (QED) is 0.743. The van der Waals surface area contributed by atoms with E-state index in [1.807, 2.05) is 54.6 Å². The normalized spacial score (nSPS) is 20.4. The molecule has 3 rings (SSSR count). The highest BCUT2D eigenvalue weighted by atomic mass is 35.5. The van der Waals surface area contributed by atoms with Crippen LogP contribution in [0.1, 0.15) is 49.8 Å². The van der Waals surface area contributed by atoms with Crippen LogP contribution in [0.25, 0.3) is 0 Å². The lowest BCUT2D eigenvalue weighted by Crippen LogP contribution is -2.27. The van der Waals surface area contributed by atoms with E-state index in [1.54, 1.807) is 0 Å². The molecule has 2 aromatic rings. The van der Waals surface area contributed by atoms with Gasteiger partial charge in [0.15, 0.2) is 0 Å². The second kappa shape index (κ2) is 10.5. The maximum absolute atomic E-state index is 12.4. The van der Waals surface area contributed by atoms with Gasteiger partial charge in [0.05, 0.1) is 12.7 Å². The Bertz CT molecular complexity index is 723. The Balaban J connectivity index is 0.00000261. The molecule has 0 aliphatic heterocycles. The molecule has 5 heteroatoms. The first kappa shape index (κ1) is 21.4. The Hall–Kier alpha value is -1.88. The highest BCUT2D eigenvalue weighted by Gasteiger charge is 2.19. The molecule has 3 atom stereocenters. The van der Waals surface area contributed by atoms with Crippen molar-refractivity contribution in [2.45, 2.75) is 51.4 Å². The average Bonchev–Trinajstić information content (AvgIpc) is 2.67. The Morgan fingerprint density at radius 1 is 1.19 bits per heavy atom. The van der Waals surface area contributed by atoms with Gasteiger partial charge in [-0.2, -0.15) is 0 Å². The topological polar surface area (TPSA) is 64.3 Å². The lowest BCUT2D eigenvalue weighted by molar-refractivity contribution is -0.117. The first-order valence-corrected chi connectivity index (χ1v) is 9.44. The van der Waals surface area contributed by atoms with E-state index < -0.39 is 6.04 Å². The van der Waals surface area contributed by atoms with Crippen molar-refractivity contribution in [3.8, 4) is 0 Å². The van der Waals surface area contributed by atoms with Gasteiger partial charge in [0, 0.05) is 5.69 Å². The van der Waals surface area contributed by atoms with Crippen LogP contribution in [0.15, 0.2) is 54.6 Å². The van der Waals surface area contributed by atoms with E-state index >= 15 is 0 Å². The average molecular weight is 389 g/mol. The fraction of sp³-hybridized carbons (Fsp3) is 0.409. The number of nitrogens with two attached hydrogens (primary N) is 1. The summed E-state index contributed by atoms with van der Waals surface area (Å²) >= 11 is 0. The lowest BCUT2D eigenvalue weighted by atomic mass is 9.89. The second-order valence-corrected chi connectivity index (χ2v) is 7.28. The molecule has 0 bridgehead atoms. The van der Waals surface area contributed by atoms with Crippen molar-refractivity contribution in [1.29, 1.82) is 0 Å². The Morgan fingerprint density at radius 3 is 2.70 bits per heavy atom. The summed E-state index contributed by atoms with van der Waals surface area (Å²) < 4.78 is 6.08. The van der Waals surface area contributed by atoms with Crippen LogP contribution in [-0.2, 0) is 16.1 Å². The second-order valence-electron chi connectivity index (χ2n) is 7.28. The van der Waals surface area contributed by atoms with Crippen LogP contribution in [0.4, 0.5) is 5.69 Å². The third-order valence-electron chi connectivity index (χ3n) is 5.01. The monoisotopic (exact) mass is 388 g/mol. The molecule has 0 heterocycles. The molecule has 0 radical (unpaired) electrons. The summed E-state index contributed by atoms with van der Waals surface area (Å²) in [5.74, 6) is 0.536. The molecule has 3 N–H and O–H groups in total. The van der Waals surface area contributed by atoms with Crippen molar-refractivity contribution in [3.05, 3.63) is 65.7 Å². The molecule has 3 unspecified atom stereocenters. The first-order chi connectivity index (χ1) is 12.6. The number of hydrogen-bond acceptors (Lipinski definition) is 3. The van der Waals surface area contributed by atoms with Gasteiger partial charge in [-0.05, 0) is 42.0 Å². The number of hydrogen-bond donors (Lipinski definition) is 2. The molecule has 1 aliphatic rings. The van der Waals surface area contributed by atoms with Crippen LogP contribution in [-0.4, -0.2) is 12.0 Å². The number of anilines is 1. The Kier molecular flexibility index (Phi) is 8.29. The summed E-state index contributed by atoms with van der Waals surface area (Å²) in [6.07, 6.45) is 5.20. The summed E-state index contributed by atoms with van der Waals surface area (Å²) in [7, 11) is 0. The summed E-state index contributed by atoms with van der Waals surface area (Å²) in [5.41, 5.74) is 8.67. The van der Waals surface area contributed by atoms with Gasteiger partial charge in [0.25, 0.3) is 0 Å². The van der Waals surface area contributed by atoms with Gasteiger partial charge in [-0.25, -0.2) is 0 Å². The van der Waals surface area contributed by atoms with Crippen LogP contribution < -0.4 is 11.1 Å². The molecular formula is C22H29ClN2O2. The van der Waals surface area contributed by atoms with E-state index in [0.29, 0.717) is 12.7 Å². The van der Waals surface area contributed by atoms with Gasteiger partial charge in [-0.3, -0.25) is 4.79 Å². The van der Waals surface area contributed by atoms with Crippen LogP contribution >= 0.6 is 12.4 Å². The molecule has 1 amide bonds. The lowest BCUT2D eigenvalue weighted by Gasteiger charge is -2.26. The number of nitrogens with one attached hydrogen (secondary N) is 1. The predicted molar refractivity (Wildman–Crippen MR) is 112 cm³/mol. The first-order valence-electron chi connectivity index (χ1n) is 9.44. The maximum atomic E-state index is 12.4. The van der Waals surface area contributed by atoms with Crippen molar-refractivity contribution in [2.24, 2.45) is 11.7 Å². The Morgan fingerprint density at radius 2 is 1.96 bits per heavy atom. The highest BCUT2D eigenvalue weighted by molar-refractivity contribution is 5.95. The SMILES string of the molecule is CC1CCCC(OCc2cccc(NC(=O)C(N)c3ccccc3)c2)C1.Cl. The minimum Gasteiger partial charge on any atom is -0.374 e. The van der Waals surface area contributed by atoms with Crippen molar-refractivity contribution >= 4 is 24.0 Å². The molecule has 1 saturated carbocycles. The molecular weight excluding hydrogens is 360 g/mol. The number of carbonyl (C=O) groups excluding carboxylic acids is 1. The van der Waals surface area contributed by atoms with E-state index in [2.05, 4.69) is 12.2 Å². The van der Waals surface area contributed by atoms with Crippen LogP contribution in [0.5, 0.6) is 0 Å². The molecule has 27 heavy (non-hydrogen) atoms. The van der Waals surface area contributed by atoms with Gasteiger partial charge in [0.2, 0.25) is 5.91 Å². The predicted octanol–water partition coefficient (Wildman–Crippen LogP) is 4.84.